The molecule has 1 aliphatic heterocycles. The van der Waals surface area contributed by atoms with E-state index >= 15 is 0 Å². The second-order valence-electron chi connectivity index (χ2n) is 4.61. The van der Waals surface area contributed by atoms with E-state index in [1.807, 2.05) is 0 Å². The molecular formula is C12H24N2OS. The minimum Gasteiger partial charge on any atom is -0.385 e. The average Bonchev–Trinajstić information content (AvgIpc) is 2.24. The van der Waals surface area contributed by atoms with Crippen LogP contribution in [0, 0.1) is 0 Å². The molecule has 0 amide bonds. The van der Waals surface area contributed by atoms with Gasteiger partial charge in [0.15, 0.2) is 5.11 Å². The zero-order valence-corrected chi connectivity index (χ0v) is 11.5. The van der Waals surface area contributed by atoms with Gasteiger partial charge in [-0.25, -0.2) is 0 Å². The molecule has 3 nitrogen and oxygen atoms in total. The summed E-state index contributed by atoms with van der Waals surface area (Å²) in [5.41, 5.74) is 0. The van der Waals surface area contributed by atoms with Crippen molar-refractivity contribution in [1.82, 2.24) is 10.2 Å². The molecule has 0 saturated carbocycles. The van der Waals surface area contributed by atoms with Crippen LogP contribution in [0.4, 0.5) is 0 Å². The molecule has 1 heterocycles. The Morgan fingerprint density at radius 1 is 1.38 bits per heavy atom. The van der Waals surface area contributed by atoms with Gasteiger partial charge in [0.25, 0.3) is 0 Å². The fraction of sp³-hybridized carbons (Fsp3) is 0.917. The van der Waals surface area contributed by atoms with Gasteiger partial charge >= 0.3 is 0 Å². The first-order chi connectivity index (χ1) is 7.66. The summed E-state index contributed by atoms with van der Waals surface area (Å²) in [5.74, 6) is 0. The minimum absolute atomic E-state index is 0.575. The molecule has 0 aromatic carbocycles. The highest BCUT2D eigenvalue weighted by Gasteiger charge is 2.26. The zero-order valence-electron chi connectivity index (χ0n) is 10.7. The van der Waals surface area contributed by atoms with Gasteiger partial charge in [-0.1, -0.05) is 0 Å². The molecule has 0 aliphatic carbocycles. The van der Waals surface area contributed by atoms with Crippen molar-refractivity contribution in [3.63, 3.8) is 0 Å². The lowest BCUT2D eigenvalue weighted by Crippen LogP contribution is -2.51. The third kappa shape index (κ3) is 3.91. The van der Waals surface area contributed by atoms with Crippen molar-refractivity contribution in [3.05, 3.63) is 0 Å². The fourth-order valence-electron chi connectivity index (χ4n) is 2.32. The first-order valence-corrected chi connectivity index (χ1v) is 6.62. The Bertz CT molecular complexity index is 213. The summed E-state index contributed by atoms with van der Waals surface area (Å²) in [4.78, 5) is 2.35. The lowest BCUT2D eigenvalue weighted by atomic mass is 9.98. The molecular weight excluding hydrogens is 220 g/mol. The van der Waals surface area contributed by atoms with Crippen molar-refractivity contribution >= 4 is 17.3 Å². The van der Waals surface area contributed by atoms with Crippen molar-refractivity contribution in [3.8, 4) is 0 Å². The summed E-state index contributed by atoms with van der Waals surface area (Å²) in [7, 11) is 1.73. The molecule has 1 rings (SSSR count). The van der Waals surface area contributed by atoms with E-state index in [1.165, 1.54) is 19.3 Å². The number of nitrogens with one attached hydrogen (secondary N) is 1. The summed E-state index contributed by atoms with van der Waals surface area (Å²) < 4.78 is 5.01. The molecule has 4 heteroatoms. The first-order valence-electron chi connectivity index (χ1n) is 6.22. The van der Waals surface area contributed by atoms with E-state index in [4.69, 9.17) is 17.0 Å². The number of rotatable bonds is 4. The van der Waals surface area contributed by atoms with E-state index in [2.05, 4.69) is 24.1 Å². The van der Waals surface area contributed by atoms with Crippen molar-refractivity contribution in [2.45, 2.75) is 51.6 Å². The second-order valence-corrected chi connectivity index (χ2v) is 5.00. The molecule has 2 atom stereocenters. The van der Waals surface area contributed by atoms with E-state index in [1.54, 1.807) is 7.11 Å². The maximum atomic E-state index is 5.45. The van der Waals surface area contributed by atoms with Crippen LogP contribution < -0.4 is 5.32 Å². The fourth-order valence-corrected chi connectivity index (χ4v) is 2.79. The lowest BCUT2D eigenvalue weighted by Gasteiger charge is -2.40. The number of hydrogen-bond acceptors (Lipinski definition) is 2. The quantitative estimate of drug-likeness (QED) is 0.605. The Kier molecular flexibility index (Phi) is 6.06. The Labute approximate surface area is 105 Å². The Morgan fingerprint density at radius 2 is 2.00 bits per heavy atom. The van der Waals surface area contributed by atoms with Gasteiger partial charge in [0.2, 0.25) is 0 Å². The van der Waals surface area contributed by atoms with E-state index in [0.717, 1.165) is 24.7 Å². The summed E-state index contributed by atoms with van der Waals surface area (Å²) in [6.45, 7) is 6.22. The lowest BCUT2D eigenvalue weighted by molar-refractivity contribution is 0.184. The standard InChI is InChI=1S/C12H24N2OS/c1-10-6-4-7-11(2)14(10)12(16)13-8-5-9-15-3/h10-11H,4-9H2,1-3H3,(H,13,16)/t10-,11-/m1/s1. The molecule has 0 bridgehead atoms. The number of likely N-dealkylation sites (tertiary alicyclic amines) is 1. The summed E-state index contributed by atoms with van der Waals surface area (Å²) in [6.07, 6.45) is 4.84. The van der Waals surface area contributed by atoms with Gasteiger partial charge < -0.3 is 15.0 Å². The maximum absolute atomic E-state index is 5.45. The van der Waals surface area contributed by atoms with Crippen LogP contribution in [0.1, 0.15) is 39.5 Å². The molecule has 1 N–H and O–H groups in total. The van der Waals surface area contributed by atoms with Crippen LogP contribution in [0.25, 0.3) is 0 Å². The van der Waals surface area contributed by atoms with E-state index in [-0.39, 0.29) is 0 Å². The van der Waals surface area contributed by atoms with E-state index in [0.29, 0.717) is 12.1 Å². The van der Waals surface area contributed by atoms with Crippen LogP contribution in [0.3, 0.4) is 0 Å². The number of hydrogen-bond donors (Lipinski definition) is 1. The van der Waals surface area contributed by atoms with Crippen LogP contribution in [0.2, 0.25) is 0 Å². The van der Waals surface area contributed by atoms with Crippen molar-refractivity contribution in [2.75, 3.05) is 20.3 Å². The highest BCUT2D eigenvalue weighted by Crippen LogP contribution is 2.22. The van der Waals surface area contributed by atoms with Crippen LogP contribution in [-0.4, -0.2) is 42.4 Å². The number of piperidine rings is 1. The topological polar surface area (TPSA) is 24.5 Å². The molecule has 0 aromatic rings. The van der Waals surface area contributed by atoms with Crippen LogP contribution in [0.5, 0.6) is 0 Å². The van der Waals surface area contributed by atoms with Gasteiger partial charge in [0, 0.05) is 32.3 Å². The first kappa shape index (κ1) is 13.7. The molecule has 94 valence electrons. The van der Waals surface area contributed by atoms with Crippen LogP contribution in [0.15, 0.2) is 0 Å². The predicted octanol–water partition coefficient (Wildman–Crippen LogP) is 2.16. The maximum Gasteiger partial charge on any atom is 0.169 e. The Hall–Kier alpha value is -0.350. The smallest absolute Gasteiger partial charge is 0.169 e. The largest absolute Gasteiger partial charge is 0.385 e. The monoisotopic (exact) mass is 244 g/mol. The van der Waals surface area contributed by atoms with E-state index < -0.39 is 0 Å². The molecule has 0 spiro atoms. The molecule has 0 aromatic heterocycles. The third-order valence-electron chi connectivity index (χ3n) is 3.23. The number of nitrogens with zero attached hydrogens (tertiary/aromatic N) is 1. The Balaban J connectivity index is 2.33. The third-order valence-corrected chi connectivity index (χ3v) is 3.58. The normalized spacial score (nSPS) is 25.6. The molecule has 0 radical (unpaired) electrons. The van der Waals surface area contributed by atoms with E-state index in [9.17, 15) is 0 Å². The molecule has 1 fully saturated rings. The average molecular weight is 244 g/mol. The van der Waals surface area contributed by atoms with Crippen molar-refractivity contribution in [1.29, 1.82) is 0 Å². The van der Waals surface area contributed by atoms with Crippen LogP contribution in [-0.2, 0) is 4.74 Å². The SMILES string of the molecule is COCCCNC(=S)N1[C@H](C)CCC[C@H]1C. The molecule has 1 saturated heterocycles. The van der Waals surface area contributed by atoms with Crippen molar-refractivity contribution in [2.24, 2.45) is 0 Å². The van der Waals surface area contributed by atoms with Crippen LogP contribution >= 0.6 is 12.2 Å². The number of ether oxygens (including phenoxy) is 1. The zero-order chi connectivity index (χ0) is 12.0. The Morgan fingerprint density at radius 3 is 2.56 bits per heavy atom. The predicted molar refractivity (Wildman–Crippen MR) is 71.7 cm³/mol. The molecule has 0 unspecified atom stereocenters. The highest BCUT2D eigenvalue weighted by molar-refractivity contribution is 7.80. The minimum atomic E-state index is 0.575. The van der Waals surface area contributed by atoms with Gasteiger partial charge in [-0.3, -0.25) is 0 Å². The van der Waals surface area contributed by atoms with Crippen molar-refractivity contribution < 1.29 is 4.74 Å². The molecule has 16 heavy (non-hydrogen) atoms. The molecule has 1 aliphatic rings. The van der Waals surface area contributed by atoms with Gasteiger partial charge in [-0.05, 0) is 51.7 Å². The van der Waals surface area contributed by atoms with Gasteiger partial charge in [-0.15, -0.1) is 0 Å². The number of methoxy groups -OCH3 is 1. The van der Waals surface area contributed by atoms with Gasteiger partial charge in [-0.2, -0.15) is 0 Å². The summed E-state index contributed by atoms with van der Waals surface area (Å²) in [6, 6.07) is 1.15. The summed E-state index contributed by atoms with van der Waals surface area (Å²) >= 11 is 5.45. The highest BCUT2D eigenvalue weighted by atomic mass is 32.1. The summed E-state index contributed by atoms with van der Waals surface area (Å²) in [5, 5.41) is 4.24. The van der Waals surface area contributed by atoms with Gasteiger partial charge in [0.1, 0.15) is 0 Å². The second kappa shape index (κ2) is 7.07. The van der Waals surface area contributed by atoms with Gasteiger partial charge in [0.05, 0.1) is 0 Å². The number of thiocarbonyl (C=S) groups is 1.